The van der Waals surface area contributed by atoms with Crippen LogP contribution in [0.1, 0.15) is 31.2 Å². The van der Waals surface area contributed by atoms with Crippen molar-refractivity contribution in [2.45, 2.75) is 32.1 Å². The zero-order valence-corrected chi connectivity index (χ0v) is 12.6. The minimum absolute atomic E-state index is 0.297. The first-order valence-electron chi connectivity index (χ1n) is 6.38. The van der Waals surface area contributed by atoms with Crippen LogP contribution in [0.3, 0.4) is 0 Å². The van der Waals surface area contributed by atoms with E-state index in [2.05, 4.69) is 15.9 Å². The topological polar surface area (TPSA) is 20.3 Å². The van der Waals surface area contributed by atoms with Gasteiger partial charge < -0.3 is 4.90 Å². The summed E-state index contributed by atoms with van der Waals surface area (Å²) in [4.78, 5) is 13.9. The molecule has 0 spiro atoms. The summed E-state index contributed by atoms with van der Waals surface area (Å²) in [7, 11) is 0. The number of benzene rings is 1. The lowest BCUT2D eigenvalue weighted by Crippen LogP contribution is -2.27. The Bertz CT molecular complexity index is 430. The fourth-order valence-corrected chi connectivity index (χ4v) is 2.93. The van der Waals surface area contributed by atoms with E-state index >= 15 is 0 Å². The van der Waals surface area contributed by atoms with E-state index in [0.717, 1.165) is 48.3 Å². The third kappa shape index (κ3) is 3.72. The molecule has 1 aromatic carbocycles. The van der Waals surface area contributed by atoms with Crippen LogP contribution in [0.5, 0.6) is 0 Å². The summed E-state index contributed by atoms with van der Waals surface area (Å²) in [5.74, 6) is 0.297. The van der Waals surface area contributed by atoms with Crippen molar-refractivity contribution in [2.75, 3.05) is 13.1 Å². The van der Waals surface area contributed by atoms with Gasteiger partial charge in [0.15, 0.2) is 0 Å². The Hall–Kier alpha value is -0.540. The van der Waals surface area contributed by atoms with Gasteiger partial charge in [0.25, 0.3) is 0 Å². The van der Waals surface area contributed by atoms with Crippen LogP contribution in [0.4, 0.5) is 0 Å². The van der Waals surface area contributed by atoms with E-state index in [1.165, 1.54) is 5.56 Å². The summed E-state index contributed by atoms with van der Waals surface area (Å²) in [5.41, 5.74) is 1.18. The number of rotatable bonds is 4. The van der Waals surface area contributed by atoms with Gasteiger partial charge >= 0.3 is 0 Å². The van der Waals surface area contributed by atoms with Gasteiger partial charge in [-0.25, -0.2) is 0 Å². The van der Waals surface area contributed by atoms with Crippen molar-refractivity contribution in [1.82, 2.24) is 4.90 Å². The molecule has 4 heteroatoms. The molecule has 0 aliphatic carbocycles. The van der Waals surface area contributed by atoms with E-state index in [0.29, 0.717) is 12.3 Å². The molecule has 2 rings (SSSR count). The first-order valence-corrected chi connectivity index (χ1v) is 7.55. The van der Waals surface area contributed by atoms with Crippen LogP contribution >= 0.6 is 27.5 Å². The third-order valence-corrected chi connectivity index (χ3v) is 4.31. The maximum absolute atomic E-state index is 11.9. The van der Waals surface area contributed by atoms with E-state index in [9.17, 15) is 4.79 Å². The number of hydrogen-bond acceptors (Lipinski definition) is 1. The molecule has 18 heavy (non-hydrogen) atoms. The summed E-state index contributed by atoms with van der Waals surface area (Å²) in [6, 6.07) is 5.79. The highest BCUT2D eigenvalue weighted by Crippen LogP contribution is 2.23. The highest BCUT2D eigenvalue weighted by atomic mass is 79.9. The van der Waals surface area contributed by atoms with Gasteiger partial charge in [-0.2, -0.15) is 0 Å². The molecular weight excluding hydrogens is 314 g/mol. The van der Waals surface area contributed by atoms with Crippen molar-refractivity contribution < 1.29 is 4.79 Å². The average Bonchev–Trinajstić information content (AvgIpc) is 2.87. The van der Waals surface area contributed by atoms with Crippen molar-refractivity contribution in [3.63, 3.8) is 0 Å². The molecular formula is C14H17BrClNO. The van der Waals surface area contributed by atoms with E-state index in [1.54, 1.807) is 0 Å². The quantitative estimate of drug-likeness (QED) is 0.815. The predicted molar refractivity (Wildman–Crippen MR) is 77.9 cm³/mol. The zero-order chi connectivity index (χ0) is 13.0. The lowest BCUT2D eigenvalue weighted by Gasteiger charge is -2.15. The van der Waals surface area contributed by atoms with Crippen molar-refractivity contribution in [1.29, 1.82) is 0 Å². The minimum atomic E-state index is 0.297. The molecule has 1 heterocycles. The molecule has 0 radical (unpaired) electrons. The summed E-state index contributed by atoms with van der Waals surface area (Å²) < 4.78 is 1.07. The largest absolute Gasteiger partial charge is 0.343 e. The lowest BCUT2D eigenvalue weighted by molar-refractivity contribution is -0.130. The average molecular weight is 331 g/mol. The first kappa shape index (κ1) is 13.9. The number of likely N-dealkylation sites (tertiary alicyclic amines) is 1. The fraction of sp³-hybridized carbons (Fsp3) is 0.500. The van der Waals surface area contributed by atoms with Crippen LogP contribution in [0.15, 0.2) is 22.7 Å². The van der Waals surface area contributed by atoms with Crippen molar-refractivity contribution in [2.24, 2.45) is 0 Å². The van der Waals surface area contributed by atoms with Crippen LogP contribution in [0.25, 0.3) is 0 Å². The molecule has 0 saturated carbocycles. The molecule has 2 nitrogen and oxygen atoms in total. The van der Waals surface area contributed by atoms with Crippen molar-refractivity contribution in [3.05, 3.63) is 33.3 Å². The van der Waals surface area contributed by atoms with Gasteiger partial charge in [0, 0.05) is 29.0 Å². The lowest BCUT2D eigenvalue weighted by atomic mass is 10.1. The second-order valence-corrected chi connectivity index (χ2v) is 5.97. The van der Waals surface area contributed by atoms with E-state index in [4.69, 9.17) is 11.6 Å². The van der Waals surface area contributed by atoms with Gasteiger partial charge in [0.1, 0.15) is 0 Å². The van der Waals surface area contributed by atoms with Gasteiger partial charge in [0.05, 0.1) is 0 Å². The number of carbonyl (C=O) groups excluding carboxylic acids is 1. The second-order valence-electron chi connectivity index (χ2n) is 4.68. The van der Waals surface area contributed by atoms with Crippen LogP contribution in [0.2, 0.25) is 5.02 Å². The first-order chi connectivity index (χ1) is 8.66. The monoisotopic (exact) mass is 329 g/mol. The maximum Gasteiger partial charge on any atom is 0.222 e. The van der Waals surface area contributed by atoms with Crippen LogP contribution in [-0.2, 0) is 11.2 Å². The molecule has 1 aliphatic rings. The number of carbonyl (C=O) groups is 1. The number of hydrogen-bond donors (Lipinski definition) is 0. The highest BCUT2D eigenvalue weighted by Gasteiger charge is 2.17. The molecule has 1 aliphatic heterocycles. The van der Waals surface area contributed by atoms with Crippen LogP contribution in [-0.4, -0.2) is 23.9 Å². The summed E-state index contributed by atoms with van der Waals surface area (Å²) >= 11 is 9.48. The Labute approximate surface area is 121 Å². The SMILES string of the molecule is O=C(CCCc1cc(Cl)ccc1Br)N1CCCC1. The van der Waals surface area contributed by atoms with Gasteiger partial charge in [-0.05, 0) is 49.4 Å². The number of halogens is 2. The molecule has 0 aromatic heterocycles. The third-order valence-electron chi connectivity index (χ3n) is 3.30. The Balaban J connectivity index is 1.81. The van der Waals surface area contributed by atoms with E-state index < -0.39 is 0 Å². The summed E-state index contributed by atoms with van der Waals surface area (Å²) in [6.45, 7) is 1.89. The van der Waals surface area contributed by atoms with Crippen LogP contribution < -0.4 is 0 Å². The molecule has 98 valence electrons. The molecule has 1 aromatic rings. The number of aryl methyl sites for hydroxylation is 1. The highest BCUT2D eigenvalue weighted by molar-refractivity contribution is 9.10. The Morgan fingerprint density at radius 2 is 2.06 bits per heavy atom. The Kier molecular flexibility index (Phi) is 5.07. The number of amides is 1. The molecule has 1 fully saturated rings. The van der Waals surface area contributed by atoms with Gasteiger partial charge in [-0.15, -0.1) is 0 Å². The summed E-state index contributed by atoms with van der Waals surface area (Å²) in [5, 5.41) is 0.749. The van der Waals surface area contributed by atoms with Crippen molar-refractivity contribution >= 4 is 33.4 Å². The summed E-state index contributed by atoms with van der Waals surface area (Å²) in [6.07, 6.45) is 4.73. The number of nitrogens with zero attached hydrogens (tertiary/aromatic N) is 1. The second kappa shape index (κ2) is 6.58. The zero-order valence-electron chi connectivity index (χ0n) is 10.3. The van der Waals surface area contributed by atoms with Gasteiger partial charge in [-0.3, -0.25) is 4.79 Å². The maximum atomic E-state index is 11.9. The fourth-order valence-electron chi connectivity index (χ4n) is 2.29. The normalized spacial score (nSPS) is 15.1. The predicted octanol–water partition coefficient (Wildman–Crippen LogP) is 4.05. The molecule has 0 bridgehead atoms. The minimum Gasteiger partial charge on any atom is -0.343 e. The molecule has 0 atom stereocenters. The van der Waals surface area contributed by atoms with E-state index in [1.807, 2.05) is 23.1 Å². The molecule has 0 unspecified atom stereocenters. The smallest absolute Gasteiger partial charge is 0.222 e. The van der Waals surface area contributed by atoms with Gasteiger partial charge in [0.2, 0.25) is 5.91 Å². The molecule has 1 saturated heterocycles. The van der Waals surface area contributed by atoms with Crippen LogP contribution in [0, 0.1) is 0 Å². The van der Waals surface area contributed by atoms with E-state index in [-0.39, 0.29) is 0 Å². The Morgan fingerprint density at radius 3 is 2.78 bits per heavy atom. The molecule has 1 amide bonds. The van der Waals surface area contributed by atoms with Gasteiger partial charge in [-0.1, -0.05) is 27.5 Å². The Morgan fingerprint density at radius 1 is 1.33 bits per heavy atom. The van der Waals surface area contributed by atoms with Crippen molar-refractivity contribution in [3.8, 4) is 0 Å². The standard InChI is InChI=1S/C14H17BrClNO/c15-13-7-6-12(16)10-11(13)4-3-5-14(18)17-8-1-2-9-17/h6-7,10H,1-5,8-9H2. The molecule has 0 N–H and O–H groups in total.